The fraction of sp³-hybridized carbons (Fsp3) is 0.357. The summed E-state index contributed by atoms with van der Waals surface area (Å²) in [6.07, 6.45) is -1.67. The van der Waals surface area contributed by atoms with Crippen LogP contribution in [-0.4, -0.2) is 42.0 Å². The van der Waals surface area contributed by atoms with Crippen molar-refractivity contribution in [3.05, 3.63) is 95.6 Å². The van der Waals surface area contributed by atoms with Crippen LogP contribution in [0.2, 0.25) is 0 Å². The lowest BCUT2D eigenvalue weighted by Gasteiger charge is -2.39. The highest BCUT2D eigenvalue weighted by molar-refractivity contribution is 5.83. The summed E-state index contributed by atoms with van der Waals surface area (Å²) >= 11 is 0. The Hall–Kier alpha value is -3.46. The van der Waals surface area contributed by atoms with Gasteiger partial charge >= 0.3 is 6.18 Å². The van der Waals surface area contributed by atoms with Crippen molar-refractivity contribution in [2.24, 2.45) is 5.41 Å². The molecule has 2 heterocycles. The first-order valence-corrected chi connectivity index (χ1v) is 12.1. The molecule has 4 rings (SSSR count). The molecule has 1 atom stereocenters. The van der Waals surface area contributed by atoms with Gasteiger partial charge in [-0.25, -0.2) is 4.39 Å². The molecule has 1 N–H and O–H groups in total. The molecule has 0 spiro atoms. The number of amides is 1. The van der Waals surface area contributed by atoms with Gasteiger partial charge < -0.3 is 10.1 Å². The second-order valence-electron chi connectivity index (χ2n) is 9.46. The van der Waals surface area contributed by atoms with E-state index in [9.17, 15) is 22.4 Å². The predicted octanol–water partition coefficient (Wildman–Crippen LogP) is 5.63. The summed E-state index contributed by atoms with van der Waals surface area (Å²) in [5.74, 6) is -0.667. The number of benzene rings is 2. The third-order valence-electron chi connectivity index (χ3n) is 6.83. The van der Waals surface area contributed by atoms with Gasteiger partial charge in [0.05, 0.1) is 17.3 Å². The summed E-state index contributed by atoms with van der Waals surface area (Å²) in [5.41, 5.74) is -0.0418. The minimum Gasteiger partial charge on any atom is -0.492 e. The second-order valence-corrected chi connectivity index (χ2v) is 9.46. The fourth-order valence-corrected chi connectivity index (χ4v) is 4.44. The number of carbonyl (C=O) groups excluding carboxylic acids is 1. The zero-order valence-electron chi connectivity index (χ0n) is 20.5. The van der Waals surface area contributed by atoms with Crippen LogP contribution in [0.4, 0.5) is 17.6 Å². The van der Waals surface area contributed by atoms with E-state index in [2.05, 4.69) is 15.2 Å². The molecular formula is C28H29F4N3O2. The van der Waals surface area contributed by atoms with Crippen LogP contribution in [0.5, 0.6) is 5.75 Å². The van der Waals surface area contributed by atoms with E-state index in [4.69, 9.17) is 4.74 Å². The molecule has 0 aliphatic carbocycles. The summed E-state index contributed by atoms with van der Waals surface area (Å²) in [6, 6.07) is 16.1. The molecule has 5 nitrogen and oxygen atoms in total. The number of carbonyl (C=O) groups is 1. The maximum atomic E-state index is 13.5. The van der Waals surface area contributed by atoms with Crippen LogP contribution < -0.4 is 10.1 Å². The molecule has 1 aliphatic rings. The largest absolute Gasteiger partial charge is 0.492 e. The number of hydrogen-bond acceptors (Lipinski definition) is 4. The van der Waals surface area contributed by atoms with Gasteiger partial charge in [-0.2, -0.15) is 13.2 Å². The molecule has 0 bridgehead atoms. The highest BCUT2D eigenvalue weighted by Gasteiger charge is 2.38. The third kappa shape index (κ3) is 6.65. The van der Waals surface area contributed by atoms with Gasteiger partial charge in [-0.1, -0.05) is 37.3 Å². The molecule has 0 unspecified atom stereocenters. The number of nitrogens with zero attached hydrogens (tertiary/aromatic N) is 2. The van der Waals surface area contributed by atoms with Crippen LogP contribution in [0.15, 0.2) is 72.9 Å². The Balaban J connectivity index is 1.34. The highest BCUT2D eigenvalue weighted by Crippen LogP contribution is 2.36. The van der Waals surface area contributed by atoms with E-state index >= 15 is 0 Å². The van der Waals surface area contributed by atoms with Gasteiger partial charge in [0.2, 0.25) is 5.91 Å². The first-order valence-electron chi connectivity index (χ1n) is 12.1. The molecule has 1 amide bonds. The zero-order valence-corrected chi connectivity index (χ0v) is 20.5. The molecule has 3 aromatic rings. The first-order chi connectivity index (χ1) is 17.7. The van der Waals surface area contributed by atoms with Crippen LogP contribution in [0.1, 0.15) is 42.6 Å². The van der Waals surface area contributed by atoms with Gasteiger partial charge in [-0.3, -0.25) is 14.7 Å². The van der Waals surface area contributed by atoms with Crippen molar-refractivity contribution in [3.8, 4) is 5.75 Å². The van der Waals surface area contributed by atoms with E-state index in [-0.39, 0.29) is 24.1 Å². The van der Waals surface area contributed by atoms with E-state index in [1.807, 2.05) is 19.1 Å². The summed E-state index contributed by atoms with van der Waals surface area (Å²) in [4.78, 5) is 19.9. The van der Waals surface area contributed by atoms with Gasteiger partial charge in [0.1, 0.15) is 18.2 Å². The maximum absolute atomic E-state index is 13.5. The van der Waals surface area contributed by atoms with Crippen molar-refractivity contribution < 1.29 is 27.1 Å². The summed E-state index contributed by atoms with van der Waals surface area (Å²) < 4.78 is 58.4. The van der Waals surface area contributed by atoms with Gasteiger partial charge in [0, 0.05) is 18.2 Å². The normalized spacial score (nSPS) is 16.7. The molecule has 1 saturated heterocycles. The number of pyridine rings is 1. The molecule has 1 fully saturated rings. The number of alkyl halides is 3. The Morgan fingerprint density at radius 1 is 1.05 bits per heavy atom. The monoisotopic (exact) mass is 515 g/mol. The van der Waals surface area contributed by atoms with E-state index in [1.54, 1.807) is 24.4 Å². The third-order valence-corrected chi connectivity index (χ3v) is 6.83. The van der Waals surface area contributed by atoms with Crippen LogP contribution in [0.3, 0.4) is 0 Å². The number of piperidine rings is 1. The number of hydrogen-bond donors (Lipinski definition) is 1. The quantitative estimate of drug-likeness (QED) is 0.396. The van der Waals surface area contributed by atoms with Crippen molar-refractivity contribution >= 4 is 5.91 Å². The van der Waals surface area contributed by atoms with Crippen LogP contribution in [-0.2, 0) is 11.0 Å². The smallest absolute Gasteiger partial charge is 0.419 e. The molecule has 196 valence electrons. The molecular weight excluding hydrogens is 486 g/mol. The van der Waals surface area contributed by atoms with Crippen molar-refractivity contribution in [2.75, 3.05) is 26.2 Å². The highest BCUT2D eigenvalue weighted by atomic mass is 19.4. The Morgan fingerprint density at radius 3 is 2.38 bits per heavy atom. The second kappa shape index (κ2) is 11.3. The fourth-order valence-electron chi connectivity index (χ4n) is 4.44. The summed E-state index contributed by atoms with van der Waals surface area (Å²) in [6.45, 7) is 3.70. The minimum atomic E-state index is -4.47. The van der Waals surface area contributed by atoms with E-state index < -0.39 is 23.2 Å². The van der Waals surface area contributed by atoms with Crippen LogP contribution in [0.25, 0.3) is 0 Å². The van der Waals surface area contributed by atoms with Gasteiger partial charge in [-0.15, -0.1) is 0 Å². The van der Waals surface area contributed by atoms with Crippen LogP contribution in [0, 0.1) is 11.2 Å². The van der Waals surface area contributed by atoms with Gasteiger partial charge in [-0.05, 0) is 67.9 Å². The average Bonchev–Trinajstić information content (AvgIpc) is 2.89. The molecule has 0 saturated carbocycles. The van der Waals surface area contributed by atoms with E-state index in [1.165, 1.54) is 30.3 Å². The molecule has 1 aromatic heterocycles. The summed E-state index contributed by atoms with van der Waals surface area (Å²) in [7, 11) is 0. The number of rotatable bonds is 8. The standard InChI is InChI=1S/C28H29F4N3O2/c1-27(26(36)34-25(23-7-4-5-15-33-23)20-9-11-21(29)12-10-20)13-16-35(17-14-27)18-19-37-24-8-3-2-6-22(24)28(30,31)32/h2-12,15,25H,13-14,16-19H2,1H3,(H,34,36)/t25-/m1/s1. The number of ether oxygens (including phenoxy) is 1. The molecule has 2 aromatic carbocycles. The van der Waals surface area contributed by atoms with Crippen molar-refractivity contribution in [3.63, 3.8) is 0 Å². The lowest BCUT2D eigenvalue weighted by atomic mass is 9.79. The van der Waals surface area contributed by atoms with E-state index in [0.29, 0.717) is 38.2 Å². The number of para-hydroxylation sites is 1. The number of nitrogens with one attached hydrogen (secondary N) is 1. The summed E-state index contributed by atoms with van der Waals surface area (Å²) in [5, 5.41) is 3.11. The lowest BCUT2D eigenvalue weighted by Crippen LogP contribution is -2.48. The number of halogens is 4. The molecule has 1 aliphatic heterocycles. The van der Waals surface area contributed by atoms with E-state index in [0.717, 1.165) is 11.6 Å². The van der Waals surface area contributed by atoms with Crippen molar-refractivity contribution in [2.45, 2.75) is 32.0 Å². The lowest BCUT2D eigenvalue weighted by molar-refractivity contribution is -0.139. The van der Waals surface area contributed by atoms with Gasteiger partial charge in [0.25, 0.3) is 0 Å². The van der Waals surface area contributed by atoms with Crippen molar-refractivity contribution in [1.82, 2.24) is 15.2 Å². The zero-order chi connectivity index (χ0) is 26.5. The minimum absolute atomic E-state index is 0.113. The van der Waals surface area contributed by atoms with Crippen LogP contribution >= 0.6 is 0 Å². The molecule has 37 heavy (non-hydrogen) atoms. The molecule has 0 radical (unpaired) electrons. The van der Waals surface area contributed by atoms with Crippen molar-refractivity contribution in [1.29, 1.82) is 0 Å². The topological polar surface area (TPSA) is 54.5 Å². The Kier molecular flexibility index (Phi) is 8.12. The Bertz CT molecular complexity index is 1180. The Labute approximate surface area is 213 Å². The SMILES string of the molecule is CC1(C(=O)N[C@H](c2ccc(F)cc2)c2ccccn2)CCN(CCOc2ccccc2C(F)(F)F)CC1. The van der Waals surface area contributed by atoms with Gasteiger partial charge in [0.15, 0.2) is 0 Å². The Morgan fingerprint density at radius 2 is 1.73 bits per heavy atom. The first kappa shape index (κ1) is 26.6. The maximum Gasteiger partial charge on any atom is 0.419 e. The molecule has 9 heteroatoms. The predicted molar refractivity (Wildman–Crippen MR) is 131 cm³/mol. The number of aromatic nitrogens is 1. The average molecular weight is 516 g/mol. The number of likely N-dealkylation sites (tertiary alicyclic amines) is 1.